The number of para-hydroxylation sites is 1. The molecule has 0 fully saturated rings. The Morgan fingerprint density at radius 2 is 1.27 bits per heavy atom. The molecule has 0 saturated carbocycles. The molecule has 0 saturated heterocycles. The maximum absolute atomic E-state index is 13.9. The minimum atomic E-state index is -0.685. The number of fused-ring (bicyclic) bond motifs is 6. The standard InChI is InChI=1S/C56H42O3/c1-5-18-41-45-32-47-46(31-44(45)34(3)54(57)55(41)58)50(35(4)49(37-21-8-6-9-22-37)39-25-14-12-19-33(39)2)43-30-29-36-20-13-15-26-40(36)52(43)53(47)56-51(38-23-10-7-11-24-38)42-27-16-17-28-48(42)59-56/h5-32,34,41H,1-4H3/b18-5-,49-35+. The Morgan fingerprint density at radius 3 is 2.03 bits per heavy atom. The lowest BCUT2D eigenvalue weighted by Crippen LogP contribution is -2.32. The second-order valence-corrected chi connectivity index (χ2v) is 15.8. The van der Waals surface area contributed by atoms with Crippen molar-refractivity contribution < 1.29 is 14.0 Å². The summed E-state index contributed by atoms with van der Waals surface area (Å²) in [5, 5.41) is 7.39. The topological polar surface area (TPSA) is 47.3 Å². The molecule has 8 aromatic carbocycles. The van der Waals surface area contributed by atoms with E-state index >= 15 is 0 Å². The van der Waals surface area contributed by atoms with Gasteiger partial charge in [-0.2, -0.15) is 0 Å². The molecule has 0 radical (unpaired) electrons. The number of aryl methyl sites for hydroxylation is 1. The molecule has 0 aliphatic heterocycles. The number of benzene rings is 8. The molecular weight excluding hydrogens is 721 g/mol. The largest absolute Gasteiger partial charge is 0.455 e. The Kier molecular flexibility index (Phi) is 8.83. The Bertz CT molecular complexity index is 3230. The molecule has 10 rings (SSSR count). The molecule has 9 aromatic rings. The van der Waals surface area contributed by atoms with Gasteiger partial charge in [0, 0.05) is 27.8 Å². The minimum absolute atomic E-state index is 0.352. The molecule has 3 nitrogen and oxygen atoms in total. The van der Waals surface area contributed by atoms with Gasteiger partial charge in [-0.3, -0.25) is 9.59 Å². The van der Waals surface area contributed by atoms with Gasteiger partial charge < -0.3 is 4.42 Å². The van der Waals surface area contributed by atoms with Crippen LogP contribution in [0.2, 0.25) is 0 Å². The van der Waals surface area contributed by atoms with Crippen molar-refractivity contribution in [1.82, 2.24) is 0 Å². The van der Waals surface area contributed by atoms with Crippen molar-refractivity contribution >= 4 is 66.0 Å². The summed E-state index contributed by atoms with van der Waals surface area (Å²) in [6, 6.07) is 55.5. The third-order valence-electron chi connectivity index (χ3n) is 12.4. The van der Waals surface area contributed by atoms with Gasteiger partial charge in [0.1, 0.15) is 11.3 Å². The molecular formula is C56H42O3. The summed E-state index contributed by atoms with van der Waals surface area (Å²) in [5.74, 6) is -1.23. The van der Waals surface area contributed by atoms with Crippen molar-refractivity contribution in [2.75, 3.05) is 0 Å². The van der Waals surface area contributed by atoms with Crippen molar-refractivity contribution in [2.45, 2.75) is 39.5 Å². The molecule has 1 aliphatic carbocycles. The summed E-state index contributed by atoms with van der Waals surface area (Å²) < 4.78 is 7.14. The van der Waals surface area contributed by atoms with E-state index in [1.165, 1.54) is 5.56 Å². The van der Waals surface area contributed by atoms with Crippen LogP contribution in [0.5, 0.6) is 0 Å². The van der Waals surface area contributed by atoms with Gasteiger partial charge in [0.15, 0.2) is 0 Å². The van der Waals surface area contributed by atoms with Gasteiger partial charge in [-0.05, 0) is 116 Å². The predicted octanol–water partition coefficient (Wildman–Crippen LogP) is 14.4. The molecule has 1 aliphatic rings. The summed E-state index contributed by atoms with van der Waals surface area (Å²) in [7, 11) is 0. The van der Waals surface area contributed by atoms with Crippen LogP contribution < -0.4 is 0 Å². The summed E-state index contributed by atoms with van der Waals surface area (Å²) in [4.78, 5) is 27.7. The number of hydrogen-bond donors (Lipinski definition) is 0. The van der Waals surface area contributed by atoms with E-state index in [2.05, 4.69) is 153 Å². The third-order valence-corrected chi connectivity index (χ3v) is 12.4. The molecule has 0 N–H and O–H groups in total. The smallest absolute Gasteiger partial charge is 0.210 e. The van der Waals surface area contributed by atoms with Crippen LogP contribution in [0.15, 0.2) is 174 Å². The van der Waals surface area contributed by atoms with Crippen LogP contribution in [0.4, 0.5) is 0 Å². The maximum Gasteiger partial charge on any atom is 0.210 e. The van der Waals surface area contributed by atoms with Crippen molar-refractivity contribution in [3.05, 3.63) is 203 Å². The first kappa shape index (κ1) is 36.3. The van der Waals surface area contributed by atoms with Crippen LogP contribution in [0.3, 0.4) is 0 Å². The first-order chi connectivity index (χ1) is 28.9. The number of carbonyl (C=O) groups is 2. The Hall–Kier alpha value is -7.10. The van der Waals surface area contributed by atoms with E-state index in [0.717, 1.165) is 105 Å². The highest BCUT2D eigenvalue weighted by molar-refractivity contribution is 6.43. The summed E-state index contributed by atoms with van der Waals surface area (Å²) in [6.45, 7) is 8.21. The molecule has 2 unspecified atom stereocenters. The number of hydrogen-bond acceptors (Lipinski definition) is 3. The molecule has 2 atom stereocenters. The number of allylic oxidation sites excluding steroid dienone is 3. The highest BCUT2D eigenvalue weighted by Gasteiger charge is 2.38. The quantitative estimate of drug-likeness (QED) is 0.0557. The van der Waals surface area contributed by atoms with Crippen LogP contribution in [-0.4, -0.2) is 11.6 Å². The Balaban J connectivity index is 1.49. The van der Waals surface area contributed by atoms with Crippen molar-refractivity contribution in [3.63, 3.8) is 0 Å². The van der Waals surface area contributed by atoms with Gasteiger partial charge in [0.25, 0.3) is 0 Å². The normalized spacial score (nSPS) is 16.1. The van der Waals surface area contributed by atoms with E-state index in [4.69, 9.17) is 4.42 Å². The zero-order valence-electron chi connectivity index (χ0n) is 33.5. The second-order valence-electron chi connectivity index (χ2n) is 15.8. The number of rotatable bonds is 6. The van der Waals surface area contributed by atoms with E-state index in [1.54, 1.807) is 0 Å². The van der Waals surface area contributed by atoms with E-state index in [1.807, 2.05) is 44.2 Å². The van der Waals surface area contributed by atoms with E-state index in [-0.39, 0.29) is 11.6 Å². The van der Waals surface area contributed by atoms with Crippen LogP contribution in [0, 0.1) is 6.92 Å². The van der Waals surface area contributed by atoms with Crippen molar-refractivity contribution in [3.8, 4) is 22.5 Å². The number of furan rings is 1. The summed E-state index contributed by atoms with van der Waals surface area (Å²) >= 11 is 0. The van der Waals surface area contributed by atoms with Crippen LogP contribution in [0.25, 0.3) is 76.9 Å². The molecule has 0 bridgehead atoms. The third kappa shape index (κ3) is 5.72. The van der Waals surface area contributed by atoms with Gasteiger partial charge in [-0.1, -0.05) is 159 Å². The van der Waals surface area contributed by atoms with Gasteiger partial charge in [-0.15, -0.1) is 0 Å². The number of ketones is 2. The van der Waals surface area contributed by atoms with Crippen LogP contribution >= 0.6 is 0 Å². The van der Waals surface area contributed by atoms with E-state index in [9.17, 15) is 9.59 Å². The number of carbonyl (C=O) groups excluding carboxylic acids is 2. The highest BCUT2D eigenvalue weighted by atomic mass is 16.3. The fraction of sp³-hybridized carbons (Fsp3) is 0.107. The average Bonchev–Trinajstić information content (AvgIpc) is 3.66. The van der Waals surface area contributed by atoms with Gasteiger partial charge in [0.05, 0.1) is 5.92 Å². The lowest BCUT2D eigenvalue weighted by molar-refractivity contribution is -0.138. The molecule has 0 spiro atoms. The molecule has 0 amide bonds. The van der Waals surface area contributed by atoms with Gasteiger partial charge >= 0.3 is 0 Å². The SMILES string of the molecule is C/C=C\C1C(=O)C(=O)C(C)c2cc3c(/C(C)=C(\c4ccccc4)c4ccccc4C)c4ccc5ccccc5c4c(-c4oc5ccccc5c4-c4ccccc4)c3cc21. The van der Waals surface area contributed by atoms with Crippen molar-refractivity contribution in [2.24, 2.45) is 0 Å². The lowest BCUT2D eigenvalue weighted by atomic mass is 9.72. The Morgan fingerprint density at radius 1 is 0.610 bits per heavy atom. The van der Waals surface area contributed by atoms with Crippen molar-refractivity contribution in [1.29, 1.82) is 0 Å². The predicted molar refractivity (Wildman–Crippen MR) is 245 cm³/mol. The van der Waals surface area contributed by atoms with Crippen LogP contribution in [-0.2, 0) is 9.59 Å². The Labute approximate surface area is 343 Å². The minimum Gasteiger partial charge on any atom is -0.455 e. The average molecular weight is 763 g/mol. The zero-order chi connectivity index (χ0) is 40.4. The fourth-order valence-corrected chi connectivity index (χ4v) is 9.66. The van der Waals surface area contributed by atoms with E-state index in [0.29, 0.717) is 0 Å². The van der Waals surface area contributed by atoms with E-state index < -0.39 is 11.8 Å². The highest BCUT2D eigenvalue weighted by Crippen LogP contribution is 2.52. The van der Waals surface area contributed by atoms with Gasteiger partial charge in [0.2, 0.25) is 11.6 Å². The first-order valence-electron chi connectivity index (χ1n) is 20.4. The molecule has 59 heavy (non-hydrogen) atoms. The summed E-state index contributed by atoms with van der Waals surface area (Å²) in [6.07, 6.45) is 3.76. The first-order valence-corrected chi connectivity index (χ1v) is 20.4. The molecule has 1 heterocycles. The molecule has 284 valence electrons. The number of Topliss-reactive ketones (excluding diaryl/α,β-unsaturated/α-hetero) is 2. The summed E-state index contributed by atoms with van der Waals surface area (Å²) in [5.41, 5.74) is 12.4. The van der Waals surface area contributed by atoms with Crippen LogP contribution in [0.1, 0.15) is 66.0 Å². The monoisotopic (exact) mass is 762 g/mol. The lowest BCUT2D eigenvalue weighted by Gasteiger charge is -2.29. The fourth-order valence-electron chi connectivity index (χ4n) is 9.66. The molecule has 1 aromatic heterocycles. The molecule has 3 heteroatoms. The zero-order valence-corrected chi connectivity index (χ0v) is 33.5. The second kappa shape index (κ2) is 14.4. The van der Waals surface area contributed by atoms with Gasteiger partial charge in [-0.25, -0.2) is 0 Å². The maximum atomic E-state index is 13.9.